The van der Waals surface area contributed by atoms with Crippen molar-refractivity contribution in [2.75, 3.05) is 39.9 Å². The maximum Gasteiger partial charge on any atom is 0.414 e. The number of likely N-dealkylation sites (tertiary alicyclic amines) is 1. The van der Waals surface area contributed by atoms with E-state index in [9.17, 15) is 5.11 Å². The highest BCUT2D eigenvalue weighted by atomic mass is 16.5. The summed E-state index contributed by atoms with van der Waals surface area (Å²) in [4.78, 5) is 20.9. The van der Waals surface area contributed by atoms with E-state index >= 15 is 0 Å². The van der Waals surface area contributed by atoms with E-state index in [-0.39, 0.29) is 0 Å². The number of hydrogen-bond acceptors (Lipinski definition) is 7. The lowest BCUT2D eigenvalue weighted by atomic mass is 9.79. The number of piperidine rings is 1. The topological polar surface area (TPSA) is 129 Å². The number of rotatable bonds is 10. The molecule has 1 saturated carbocycles. The molecule has 2 fully saturated rings. The fourth-order valence-electron chi connectivity index (χ4n) is 4.84. The molecule has 9 nitrogen and oxygen atoms in total. The number of benzene rings is 1. The predicted molar refractivity (Wildman–Crippen MR) is 128 cm³/mol. The molecule has 4 N–H and O–H groups in total. The highest BCUT2D eigenvalue weighted by molar-refractivity contribution is 6.27. The molecule has 0 bridgehead atoms. The summed E-state index contributed by atoms with van der Waals surface area (Å²) in [7, 11) is 1.67. The van der Waals surface area contributed by atoms with Gasteiger partial charge in [-0.25, -0.2) is 9.59 Å². The van der Waals surface area contributed by atoms with E-state index in [0.717, 1.165) is 17.9 Å². The van der Waals surface area contributed by atoms with Crippen molar-refractivity contribution in [3.05, 3.63) is 29.8 Å². The summed E-state index contributed by atoms with van der Waals surface area (Å²) < 4.78 is 11.1. The minimum absolute atomic E-state index is 0.302. The first-order chi connectivity index (χ1) is 16.4. The van der Waals surface area contributed by atoms with Crippen molar-refractivity contribution in [1.29, 1.82) is 0 Å². The Balaban J connectivity index is 0.000000604. The Hall–Kier alpha value is -2.20. The number of aliphatic hydroxyl groups is 1. The van der Waals surface area contributed by atoms with Crippen LogP contribution in [-0.4, -0.2) is 83.7 Å². The molecule has 0 spiro atoms. The summed E-state index contributed by atoms with van der Waals surface area (Å²) in [5.41, 5.74) is 1.31. The lowest BCUT2D eigenvalue weighted by Gasteiger charge is -2.48. The third-order valence-electron chi connectivity index (χ3n) is 6.59. The first-order valence-electron chi connectivity index (χ1n) is 12.2. The Morgan fingerprint density at radius 1 is 1.03 bits per heavy atom. The highest BCUT2D eigenvalue weighted by Crippen LogP contribution is 2.35. The monoisotopic (exact) mass is 480 g/mol. The maximum atomic E-state index is 10.3. The molecule has 9 heteroatoms. The molecule has 0 aromatic heterocycles. The number of carbonyl (C=O) groups is 2. The molecule has 1 heterocycles. The third-order valence-corrected chi connectivity index (χ3v) is 6.59. The van der Waals surface area contributed by atoms with Crippen molar-refractivity contribution in [3.63, 3.8) is 0 Å². The van der Waals surface area contributed by atoms with E-state index in [4.69, 9.17) is 29.3 Å². The zero-order chi connectivity index (χ0) is 24.8. The summed E-state index contributed by atoms with van der Waals surface area (Å²) >= 11 is 0. The average Bonchev–Trinajstić information content (AvgIpc) is 2.86. The fraction of sp³-hybridized carbons (Fsp3) is 0.680. The summed E-state index contributed by atoms with van der Waals surface area (Å²) in [6.07, 6.45) is 10.2. The highest BCUT2D eigenvalue weighted by Gasteiger charge is 2.37. The molecular weight excluding hydrogens is 440 g/mol. The van der Waals surface area contributed by atoms with Crippen LogP contribution in [0.4, 0.5) is 0 Å². The molecule has 1 unspecified atom stereocenters. The lowest BCUT2D eigenvalue weighted by molar-refractivity contribution is -0.159. The molecule has 2 aliphatic rings. The number of carboxylic acids is 2. The molecule has 34 heavy (non-hydrogen) atoms. The summed E-state index contributed by atoms with van der Waals surface area (Å²) in [6, 6.07) is 7.85. The number of hydrogen-bond donors (Lipinski definition) is 4. The van der Waals surface area contributed by atoms with Crippen LogP contribution in [0.1, 0.15) is 56.9 Å². The van der Waals surface area contributed by atoms with Crippen LogP contribution >= 0.6 is 0 Å². The van der Waals surface area contributed by atoms with Gasteiger partial charge in [-0.1, -0.05) is 43.9 Å². The van der Waals surface area contributed by atoms with Gasteiger partial charge >= 0.3 is 11.9 Å². The molecule has 0 amide bonds. The van der Waals surface area contributed by atoms with Gasteiger partial charge in [0.2, 0.25) is 0 Å². The molecule has 1 aromatic rings. The van der Waals surface area contributed by atoms with E-state index < -0.39 is 18.0 Å². The van der Waals surface area contributed by atoms with Crippen molar-refractivity contribution < 1.29 is 34.4 Å². The summed E-state index contributed by atoms with van der Waals surface area (Å²) in [6.45, 7) is 4.84. The zero-order valence-electron chi connectivity index (χ0n) is 20.2. The van der Waals surface area contributed by atoms with Gasteiger partial charge < -0.3 is 30.1 Å². The summed E-state index contributed by atoms with van der Waals surface area (Å²) in [5, 5.41) is 28.7. The van der Waals surface area contributed by atoms with Crippen molar-refractivity contribution in [2.24, 2.45) is 0 Å². The Bertz CT molecular complexity index is 735. The molecule has 3 rings (SSSR count). The molecule has 1 aromatic carbocycles. The van der Waals surface area contributed by atoms with Crippen LogP contribution in [0.3, 0.4) is 0 Å². The second kappa shape index (κ2) is 14.9. The van der Waals surface area contributed by atoms with E-state index in [1.165, 1.54) is 64.5 Å². The molecule has 192 valence electrons. The van der Waals surface area contributed by atoms with Gasteiger partial charge in [0.05, 0.1) is 26.4 Å². The maximum absolute atomic E-state index is 10.3. The lowest BCUT2D eigenvalue weighted by Crippen LogP contribution is -2.58. The van der Waals surface area contributed by atoms with Gasteiger partial charge in [-0.3, -0.25) is 4.90 Å². The number of nitrogens with zero attached hydrogens (tertiary/aromatic N) is 1. The number of methoxy groups -OCH3 is 1. The number of aliphatic hydroxyl groups excluding tert-OH is 1. The van der Waals surface area contributed by atoms with Gasteiger partial charge in [-0.05, 0) is 44.8 Å². The van der Waals surface area contributed by atoms with Gasteiger partial charge in [0.1, 0.15) is 5.75 Å². The second-order valence-corrected chi connectivity index (χ2v) is 9.05. The van der Waals surface area contributed by atoms with Crippen molar-refractivity contribution >= 4 is 11.9 Å². The van der Waals surface area contributed by atoms with Crippen LogP contribution in [-0.2, 0) is 20.9 Å². The quantitative estimate of drug-likeness (QED) is 0.373. The van der Waals surface area contributed by atoms with Gasteiger partial charge in [0.15, 0.2) is 0 Å². The normalized spacial score (nSPS) is 18.9. The van der Waals surface area contributed by atoms with E-state index in [2.05, 4.69) is 10.2 Å². The molecule has 1 aliphatic heterocycles. The minimum Gasteiger partial charge on any atom is -0.496 e. The molecule has 1 atom stereocenters. The first-order valence-corrected chi connectivity index (χ1v) is 12.2. The molecular formula is C25H40N2O7. The van der Waals surface area contributed by atoms with Crippen molar-refractivity contribution in [2.45, 2.75) is 69.6 Å². The number of aliphatic carboxylic acids is 2. The fourth-order valence-corrected chi connectivity index (χ4v) is 4.84. The van der Waals surface area contributed by atoms with E-state index in [1.54, 1.807) is 7.11 Å². The first kappa shape index (κ1) is 28.0. The third kappa shape index (κ3) is 9.21. The number of carboxylic acid groups (broad SMARTS) is 2. The van der Waals surface area contributed by atoms with Gasteiger partial charge in [0.25, 0.3) is 0 Å². The Labute approximate surface area is 202 Å². The largest absolute Gasteiger partial charge is 0.496 e. The molecule has 1 aliphatic carbocycles. The molecule has 0 radical (unpaired) electrons. The minimum atomic E-state index is -1.82. The van der Waals surface area contributed by atoms with E-state index in [0.29, 0.717) is 25.3 Å². The predicted octanol–water partition coefficient (Wildman–Crippen LogP) is 2.51. The van der Waals surface area contributed by atoms with Gasteiger partial charge in [-0.15, -0.1) is 0 Å². The Kier molecular flexibility index (Phi) is 12.3. The Morgan fingerprint density at radius 2 is 1.65 bits per heavy atom. The number of nitrogens with one attached hydrogen (secondary N) is 1. The van der Waals surface area contributed by atoms with Crippen LogP contribution in [0.15, 0.2) is 24.3 Å². The number of para-hydroxylation sites is 1. The summed E-state index contributed by atoms with van der Waals surface area (Å²) in [5.74, 6) is -2.82. The van der Waals surface area contributed by atoms with Crippen LogP contribution < -0.4 is 10.1 Å². The van der Waals surface area contributed by atoms with Crippen LogP contribution in [0.5, 0.6) is 5.75 Å². The Morgan fingerprint density at radius 3 is 2.26 bits per heavy atom. The number of ether oxygens (including phenoxy) is 2. The SMILES string of the molecule is COc1ccccc1COCC(O)CNCC1(N2CCCCC2)CCCCC1.O=C(O)C(=O)O. The van der Waals surface area contributed by atoms with Crippen LogP contribution in [0.2, 0.25) is 0 Å². The molecule has 1 saturated heterocycles. The smallest absolute Gasteiger partial charge is 0.414 e. The zero-order valence-corrected chi connectivity index (χ0v) is 20.2. The second-order valence-electron chi connectivity index (χ2n) is 9.05. The standard InChI is InChI=1S/C23H38N2O3.C2H2O4/c1-27-22-11-5-4-10-20(22)17-28-18-21(26)16-24-19-23(12-6-2-7-13-23)25-14-8-3-9-15-25;3-1(4)2(5)6/h4-5,10-11,21,24,26H,2-3,6-9,12-19H2,1H3;(H,3,4)(H,5,6). The van der Waals surface area contributed by atoms with Crippen molar-refractivity contribution in [1.82, 2.24) is 10.2 Å². The van der Waals surface area contributed by atoms with Gasteiger partial charge in [-0.2, -0.15) is 0 Å². The van der Waals surface area contributed by atoms with Crippen LogP contribution in [0.25, 0.3) is 0 Å². The average molecular weight is 481 g/mol. The van der Waals surface area contributed by atoms with Gasteiger partial charge in [0, 0.05) is 24.2 Å². The van der Waals surface area contributed by atoms with E-state index in [1.807, 2.05) is 24.3 Å². The van der Waals surface area contributed by atoms with Crippen LogP contribution in [0, 0.1) is 0 Å². The van der Waals surface area contributed by atoms with Crippen molar-refractivity contribution in [3.8, 4) is 5.75 Å².